The summed E-state index contributed by atoms with van der Waals surface area (Å²) in [5.41, 5.74) is 6.90. The van der Waals surface area contributed by atoms with Gasteiger partial charge in [0.1, 0.15) is 10.6 Å². The van der Waals surface area contributed by atoms with Crippen molar-refractivity contribution in [2.24, 2.45) is 5.92 Å². The molecule has 1 unspecified atom stereocenters. The molecule has 0 saturated carbocycles. The van der Waals surface area contributed by atoms with E-state index in [0.29, 0.717) is 5.69 Å². The van der Waals surface area contributed by atoms with Crippen LogP contribution in [0.2, 0.25) is 0 Å². The number of aryl methyl sites for hydroxylation is 1. The molecule has 0 amide bonds. The molecule has 1 aromatic carbocycles. The fourth-order valence-corrected chi connectivity index (χ4v) is 3.16. The minimum atomic E-state index is -3.75. The highest BCUT2D eigenvalue weighted by molar-refractivity contribution is 7.89. The van der Waals surface area contributed by atoms with Crippen molar-refractivity contribution < 1.29 is 13.2 Å². The molecule has 110 valence electrons. The lowest BCUT2D eigenvalue weighted by molar-refractivity contribution is 0.395. The van der Waals surface area contributed by atoms with Crippen LogP contribution >= 0.6 is 0 Å². The Labute approximate surface area is 119 Å². The van der Waals surface area contributed by atoms with Crippen LogP contribution in [0.5, 0.6) is 5.75 Å². The third-order valence-electron chi connectivity index (χ3n) is 2.99. The van der Waals surface area contributed by atoms with E-state index < -0.39 is 15.9 Å². The first-order valence-corrected chi connectivity index (χ1v) is 7.48. The SMILES string of the molecule is COc1cc(C)c(N)cc1S(=O)(=O)N(C)CC(C)C#N. The van der Waals surface area contributed by atoms with Crippen LogP contribution in [0.15, 0.2) is 17.0 Å². The van der Waals surface area contributed by atoms with Crippen LogP contribution in [-0.2, 0) is 10.0 Å². The van der Waals surface area contributed by atoms with Crippen molar-refractivity contribution in [2.75, 3.05) is 26.4 Å². The lowest BCUT2D eigenvalue weighted by Gasteiger charge is -2.20. The van der Waals surface area contributed by atoms with Crippen molar-refractivity contribution >= 4 is 15.7 Å². The van der Waals surface area contributed by atoms with Gasteiger partial charge < -0.3 is 10.5 Å². The Morgan fingerprint density at radius 2 is 2.10 bits per heavy atom. The van der Waals surface area contributed by atoms with Crippen LogP contribution in [0.3, 0.4) is 0 Å². The zero-order valence-electron chi connectivity index (χ0n) is 12.0. The van der Waals surface area contributed by atoms with E-state index in [-0.39, 0.29) is 17.2 Å². The fourth-order valence-electron chi connectivity index (χ4n) is 1.73. The van der Waals surface area contributed by atoms with E-state index in [1.807, 2.05) is 6.07 Å². The predicted molar refractivity (Wildman–Crippen MR) is 76.7 cm³/mol. The molecule has 0 aliphatic rings. The molecule has 0 aliphatic carbocycles. The summed E-state index contributed by atoms with van der Waals surface area (Å²) in [7, 11) is -0.915. The van der Waals surface area contributed by atoms with E-state index >= 15 is 0 Å². The van der Waals surface area contributed by atoms with E-state index in [1.54, 1.807) is 19.9 Å². The van der Waals surface area contributed by atoms with Crippen molar-refractivity contribution in [3.05, 3.63) is 17.7 Å². The highest BCUT2D eigenvalue weighted by atomic mass is 32.2. The number of rotatable bonds is 5. The zero-order chi connectivity index (χ0) is 15.5. The van der Waals surface area contributed by atoms with Crippen LogP contribution in [0.1, 0.15) is 12.5 Å². The maximum Gasteiger partial charge on any atom is 0.246 e. The quantitative estimate of drug-likeness (QED) is 0.828. The van der Waals surface area contributed by atoms with Crippen molar-refractivity contribution in [3.63, 3.8) is 0 Å². The molecule has 6 nitrogen and oxygen atoms in total. The second-order valence-corrected chi connectivity index (χ2v) is 6.69. The number of methoxy groups -OCH3 is 1. The van der Waals surface area contributed by atoms with Gasteiger partial charge in [-0.15, -0.1) is 0 Å². The lowest BCUT2D eigenvalue weighted by Crippen LogP contribution is -2.31. The van der Waals surface area contributed by atoms with E-state index in [1.165, 1.54) is 20.2 Å². The zero-order valence-corrected chi connectivity index (χ0v) is 12.9. The molecule has 0 aliphatic heterocycles. The van der Waals surface area contributed by atoms with Crippen molar-refractivity contribution in [2.45, 2.75) is 18.7 Å². The van der Waals surface area contributed by atoms with Gasteiger partial charge in [-0.3, -0.25) is 0 Å². The molecule has 0 aromatic heterocycles. The summed E-state index contributed by atoms with van der Waals surface area (Å²) < 4.78 is 31.3. The molecule has 7 heteroatoms. The van der Waals surface area contributed by atoms with Crippen molar-refractivity contribution in [1.82, 2.24) is 4.31 Å². The minimum absolute atomic E-state index is 0.00994. The first-order chi connectivity index (χ1) is 9.23. The summed E-state index contributed by atoms with van der Waals surface area (Å²) in [6.45, 7) is 3.54. The second kappa shape index (κ2) is 6.11. The Hall–Kier alpha value is -1.78. The average Bonchev–Trinajstić information content (AvgIpc) is 2.40. The molecule has 0 bridgehead atoms. The fraction of sp³-hybridized carbons (Fsp3) is 0.462. The van der Waals surface area contributed by atoms with Crippen LogP contribution < -0.4 is 10.5 Å². The second-order valence-electron chi connectivity index (χ2n) is 4.68. The average molecular weight is 297 g/mol. The largest absolute Gasteiger partial charge is 0.495 e. The number of nitriles is 1. The van der Waals surface area contributed by atoms with Gasteiger partial charge in [0.2, 0.25) is 10.0 Å². The van der Waals surface area contributed by atoms with Gasteiger partial charge in [0.15, 0.2) is 0 Å². The van der Waals surface area contributed by atoms with Crippen molar-refractivity contribution in [1.29, 1.82) is 5.26 Å². The summed E-state index contributed by atoms with van der Waals surface area (Å²) in [6.07, 6.45) is 0. The molecule has 0 radical (unpaired) electrons. The molecule has 0 saturated heterocycles. The number of hydrogen-bond donors (Lipinski definition) is 1. The monoisotopic (exact) mass is 297 g/mol. The number of nitrogen functional groups attached to an aromatic ring is 1. The topological polar surface area (TPSA) is 96.4 Å². The molecule has 2 N–H and O–H groups in total. The third kappa shape index (κ3) is 3.21. The van der Waals surface area contributed by atoms with Crippen molar-refractivity contribution in [3.8, 4) is 11.8 Å². The van der Waals surface area contributed by atoms with Gasteiger partial charge in [-0.05, 0) is 31.5 Å². The van der Waals surface area contributed by atoms with Crippen LogP contribution in [0.25, 0.3) is 0 Å². The number of nitrogens with two attached hydrogens (primary N) is 1. The Bertz CT molecular complexity index is 635. The normalized spacial score (nSPS) is 13.0. The highest BCUT2D eigenvalue weighted by Gasteiger charge is 2.26. The summed E-state index contributed by atoms with van der Waals surface area (Å²) in [5.74, 6) is -0.156. The summed E-state index contributed by atoms with van der Waals surface area (Å²) in [6, 6.07) is 4.98. The van der Waals surface area contributed by atoms with E-state index in [4.69, 9.17) is 15.7 Å². The van der Waals surface area contributed by atoms with Gasteiger partial charge in [-0.25, -0.2) is 8.42 Å². The lowest BCUT2D eigenvalue weighted by atomic mass is 10.2. The highest BCUT2D eigenvalue weighted by Crippen LogP contribution is 2.30. The number of hydrogen-bond acceptors (Lipinski definition) is 5. The summed E-state index contributed by atoms with van der Waals surface area (Å²) >= 11 is 0. The molecule has 1 aromatic rings. The minimum Gasteiger partial charge on any atom is -0.495 e. The van der Waals surface area contributed by atoms with Gasteiger partial charge in [0.25, 0.3) is 0 Å². The summed E-state index contributed by atoms with van der Waals surface area (Å²) in [5, 5.41) is 8.79. The van der Waals surface area contributed by atoms with Crippen LogP contribution in [-0.4, -0.2) is 33.4 Å². The number of ether oxygens (including phenoxy) is 1. The number of nitrogens with zero attached hydrogens (tertiary/aromatic N) is 2. The maximum absolute atomic E-state index is 12.5. The number of benzene rings is 1. The first-order valence-electron chi connectivity index (χ1n) is 6.04. The van der Waals surface area contributed by atoms with Gasteiger partial charge in [0.05, 0.1) is 19.1 Å². The Morgan fingerprint density at radius 3 is 2.60 bits per heavy atom. The molecule has 1 atom stereocenters. The summed E-state index contributed by atoms with van der Waals surface area (Å²) in [4.78, 5) is 0.00994. The molecule has 20 heavy (non-hydrogen) atoms. The third-order valence-corrected chi connectivity index (χ3v) is 4.84. The molecule has 1 rings (SSSR count). The first kappa shape index (κ1) is 16.3. The van der Waals surface area contributed by atoms with E-state index in [0.717, 1.165) is 9.87 Å². The standard InChI is InChI=1S/C13H19N3O3S/c1-9(7-14)8-16(3)20(17,18)13-6-11(15)10(2)5-12(13)19-4/h5-6,9H,8,15H2,1-4H3. The van der Waals surface area contributed by atoms with Crippen LogP contribution in [0, 0.1) is 24.2 Å². The molecular weight excluding hydrogens is 278 g/mol. The van der Waals surface area contributed by atoms with Gasteiger partial charge in [-0.2, -0.15) is 9.57 Å². The maximum atomic E-state index is 12.5. The molecule has 0 fully saturated rings. The number of sulfonamides is 1. The van der Waals surface area contributed by atoms with Gasteiger partial charge in [0, 0.05) is 19.3 Å². The van der Waals surface area contributed by atoms with Gasteiger partial charge >= 0.3 is 0 Å². The van der Waals surface area contributed by atoms with Gasteiger partial charge in [-0.1, -0.05) is 0 Å². The molecular formula is C13H19N3O3S. The van der Waals surface area contributed by atoms with E-state index in [9.17, 15) is 8.42 Å². The predicted octanol–water partition coefficient (Wildman–Crippen LogP) is 1.37. The Morgan fingerprint density at radius 1 is 1.50 bits per heavy atom. The van der Waals surface area contributed by atoms with Crippen LogP contribution in [0.4, 0.5) is 5.69 Å². The van der Waals surface area contributed by atoms with E-state index in [2.05, 4.69) is 0 Å². The Kier molecular flexibility index (Phi) is 4.98. The number of anilines is 1. The molecule has 0 heterocycles. The smallest absolute Gasteiger partial charge is 0.246 e. The molecule has 0 spiro atoms. The Balaban J connectivity index is 3.29.